The first-order valence-corrected chi connectivity index (χ1v) is 8.33. The predicted octanol–water partition coefficient (Wildman–Crippen LogP) is 2.51. The Bertz CT molecular complexity index is 888. The number of hydrogen-bond acceptors (Lipinski definition) is 7. The highest BCUT2D eigenvalue weighted by atomic mass is 16.5. The van der Waals surface area contributed by atoms with Crippen LogP contribution in [0.5, 0.6) is 5.75 Å². The van der Waals surface area contributed by atoms with Gasteiger partial charge in [0.1, 0.15) is 17.8 Å². The van der Waals surface area contributed by atoms with Gasteiger partial charge in [0.2, 0.25) is 11.8 Å². The quantitative estimate of drug-likeness (QED) is 0.691. The van der Waals surface area contributed by atoms with Crippen LogP contribution < -0.4 is 10.1 Å². The second kappa shape index (κ2) is 7.85. The number of oxazole rings is 1. The first-order valence-electron chi connectivity index (χ1n) is 8.33. The molecule has 2 aromatic heterocycles. The molecule has 0 fully saturated rings. The molecule has 9 nitrogen and oxygen atoms in total. The Balaban J connectivity index is 1.55. The van der Waals surface area contributed by atoms with Gasteiger partial charge in [0.15, 0.2) is 11.4 Å². The number of aromatic nitrogens is 3. The van der Waals surface area contributed by atoms with E-state index in [1.165, 1.54) is 4.90 Å². The number of hydrogen-bond donors (Lipinski definition) is 1. The summed E-state index contributed by atoms with van der Waals surface area (Å²) in [5, 5.41) is 6.62. The van der Waals surface area contributed by atoms with Gasteiger partial charge in [0.05, 0.1) is 13.7 Å². The van der Waals surface area contributed by atoms with Crippen molar-refractivity contribution in [3.8, 4) is 5.75 Å². The van der Waals surface area contributed by atoms with Crippen LogP contribution in [0, 0.1) is 0 Å². The molecule has 0 saturated heterocycles. The predicted molar refractivity (Wildman–Crippen MR) is 92.6 cm³/mol. The summed E-state index contributed by atoms with van der Waals surface area (Å²) in [6.45, 7) is 2.44. The normalized spacial score (nSPS) is 10.9. The minimum Gasteiger partial charge on any atom is -0.497 e. The molecule has 1 N–H and O–H groups in total. The van der Waals surface area contributed by atoms with Gasteiger partial charge in [0.25, 0.3) is 0 Å². The molecule has 0 radical (unpaired) electrons. The van der Waals surface area contributed by atoms with Gasteiger partial charge in [-0.3, -0.25) is 0 Å². The van der Waals surface area contributed by atoms with Gasteiger partial charge in [-0.1, -0.05) is 12.1 Å². The van der Waals surface area contributed by atoms with Gasteiger partial charge in [0, 0.05) is 19.5 Å². The number of nitrogens with one attached hydrogen (secondary N) is 1. The number of aryl methyl sites for hydroxylation is 1. The zero-order valence-electron chi connectivity index (χ0n) is 15.0. The first-order chi connectivity index (χ1) is 12.6. The van der Waals surface area contributed by atoms with Gasteiger partial charge >= 0.3 is 6.03 Å². The fourth-order valence-corrected chi connectivity index (χ4v) is 2.40. The molecule has 2 heterocycles. The smallest absolute Gasteiger partial charge is 0.318 e. The molecule has 0 atom stereocenters. The highest BCUT2D eigenvalue weighted by molar-refractivity contribution is 5.75. The van der Waals surface area contributed by atoms with E-state index >= 15 is 0 Å². The van der Waals surface area contributed by atoms with Crippen molar-refractivity contribution in [2.24, 2.45) is 0 Å². The van der Waals surface area contributed by atoms with Crippen LogP contribution in [0.4, 0.5) is 4.79 Å². The molecule has 0 aliphatic rings. The SMILES string of the molecule is CCCc1noc(CN(C)C(=O)NCc2nc3cc(OC)ccc3o2)n1. The summed E-state index contributed by atoms with van der Waals surface area (Å²) in [7, 11) is 3.24. The molecule has 138 valence electrons. The molecule has 3 rings (SSSR count). The summed E-state index contributed by atoms with van der Waals surface area (Å²) in [5.74, 6) is 2.17. The summed E-state index contributed by atoms with van der Waals surface area (Å²) in [6, 6.07) is 5.06. The Labute approximate surface area is 150 Å². The van der Waals surface area contributed by atoms with Crippen molar-refractivity contribution < 1.29 is 18.5 Å². The van der Waals surface area contributed by atoms with Gasteiger partial charge in [-0.25, -0.2) is 9.78 Å². The second-order valence-corrected chi connectivity index (χ2v) is 5.81. The number of nitrogens with zero attached hydrogens (tertiary/aromatic N) is 4. The van der Waals surface area contributed by atoms with E-state index in [1.807, 2.05) is 6.92 Å². The van der Waals surface area contributed by atoms with Crippen LogP contribution in [0.1, 0.15) is 31.0 Å². The minimum absolute atomic E-state index is 0.172. The Hall–Kier alpha value is -3.10. The Morgan fingerprint density at radius 2 is 2.15 bits per heavy atom. The van der Waals surface area contributed by atoms with Crippen molar-refractivity contribution in [1.82, 2.24) is 25.3 Å². The lowest BCUT2D eigenvalue weighted by Gasteiger charge is -2.14. The van der Waals surface area contributed by atoms with Crippen molar-refractivity contribution in [3.05, 3.63) is 35.8 Å². The number of rotatable bonds is 7. The highest BCUT2D eigenvalue weighted by Gasteiger charge is 2.15. The lowest BCUT2D eigenvalue weighted by molar-refractivity contribution is 0.198. The maximum atomic E-state index is 12.2. The van der Waals surface area contributed by atoms with Crippen LogP contribution in [0.3, 0.4) is 0 Å². The number of benzene rings is 1. The minimum atomic E-state index is -0.292. The third kappa shape index (κ3) is 4.11. The standard InChI is InChI=1S/C17H21N5O4/c1-4-5-14-20-16(26-21-14)10-22(2)17(23)18-9-15-19-12-8-11(24-3)6-7-13(12)25-15/h6-8H,4-5,9-10H2,1-3H3,(H,18,23). The maximum absolute atomic E-state index is 12.2. The van der Waals surface area contributed by atoms with Crippen LogP contribution in [0.25, 0.3) is 11.1 Å². The third-order valence-electron chi connectivity index (χ3n) is 3.73. The molecule has 9 heteroatoms. The zero-order chi connectivity index (χ0) is 18.5. The molecule has 0 spiro atoms. The number of urea groups is 1. The molecule has 0 bridgehead atoms. The van der Waals surface area contributed by atoms with E-state index in [0.717, 1.165) is 12.8 Å². The van der Waals surface area contributed by atoms with E-state index < -0.39 is 0 Å². The fraction of sp³-hybridized carbons (Fsp3) is 0.412. The largest absolute Gasteiger partial charge is 0.497 e. The molecule has 0 saturated carbocycles. The molecular weight excluding hydrogens is 338 g/mol. The molecule has 2 amide bonds. The summed E-state index contributed by atoms with van der Waals surface area (Å²) >= 11 is 0. The average Bonchev–Trinajstić information content (AvgIpc) is 3.25. The topological polar surface area (TPSA) is 107 Å². The van der Waals surface area contributed by atoms with Crippen LogP contribution in [0.15, 0.2) is 27.1 Å². The first kappa shape index (κ1) is 17.7. The summed E-state index contributed by atoms with van der Waals surface area (Å²) in [6.07, 6.45) is 1.69. The number of amides is 2. The van der Waals surface area contributed by atoms with Crippen molar-refractivity contribution in [1.29, 1.82) is 0 Å². The van der Waals surface area contributed by atoms with E-state index in [2.05, 4.69) is 20.4 Å². The van der Waals surface area contributed by atoms with Crippen molar-refractivity contribution in [3.63, 3.8) is 0 Å². The van der Waals surface area contributed by atoms with E-state index in [-0.39, 0.29) is 19.1 Å². The number of carbonyl (C=O) groups is 1. The molecular formula is C17H21N5O4. The monoisotopic (exact) mass is 359 g/mol. The number of carbonyl (C=O) groups excluding carboxylic acids is 1. The molecule has 0 aliphatic heterocycles. The fourth-order valence-electron chi connectivity index (χ4n) is 2.40. The van der Waals surface area contributed by atoms with E-state index in [4.69, 9.17) is 13.7 Å². The number of fused-ring (bicyclic) bond motifs is 1. The van der Waals surface area contributed by atoms with Gasteiger partial charge in [-0.15, -0.1) is 0 Å². The van der Waals surface area contributed by atoms with Crippen molar-refractivity contribution in [2.45, 2.75) is 32.9 Å². The van der Waals surface area contributed by atoms with Crippen LogP contribution in [-0.2, 0) is 19.5 Å². The van der Waals surface area contributed by atoms with Crippen LogP contribution in [0.2, 0.25) is 0 Å². The van der Waals surface area contributed by atoms with Gasteiger partial charge in [-0.2, -0.15) is 4.98 Å². The lowest BCUT2D eigenvalue weighted by atomic mass is 10.3. The Kier molecular flexibility index (Phi) is 5.35. The molecule has 1 aromatic carbocycles. The van der Waals surface area contributed by atoms with Gasteiger partial charge < -0.3 is 23.9 Å². The van der Waals surface area contributed by atoms with Crippen molar-refractivity contribution in [2.75, 3.05) is 14.2 Å². The van der Waals surface area contributed by atoms with Crippen LogP contribution >= 0.6 is 0 Å². The maximum Gasteiger partial charge on any atom is 0.318 e. The molecule has 0 aliphatic carbocycles. The average molecular weight is 359 g/mol. The van der Waals surface area contributed by atoms with Gasteiger partial charge in [-0.05, 0) is 18.6 Å². The zero-order valence-corrected chi connectivity index (χ0v) is 15.0. The Morgan fingerprint density at radius 1 is 1.31 bits per heavy atom. The molecule has 0 unspecified atom stereocenters. The molecule has 3 aromatic rings. The highest BCUT2D eigenvalue weighted by Crippen LogP contribution is 2.21. The number of ether oxygens (including phenoxy) is 1. The lowest BCUT2D eigenvalue weighted by Crippen LogP contribution is -2.36. The summed E-state index contributed by atoms with van der Waals surface area (Å²) in [5.41, 5.74) is 1.31. The van der Waals surface area contributed by atoms with E-state index in [0.29, 0.717) is 34.5 Å². The van der Waals surface area contributed by atoms with Crippen LogP contribution in [-0.4, -0.2) is 40.2 Å². The number of methoxy groups -OCH3 is 1. The van der Waals surface area contributed by atoms with E-state index in [9.17, 15) is 4.79 Å². The Morgan fingerprint density at radius 3 is 2.92 bits per heavy atom. The second-order valence-electron chi connectivity index (χ2n) is 5.81. The van der Waals surface area contributed by atoms with Crippen molar-refractivity contribution >= 4 is 17.1 Å². The van der Waals surface area contributed by atoms with E-state index in [1.54, 1.807) is 32.4 Å². The molecule has 26 heavy (non-hydrogen) atoms. The summed E-state index contributed by atoms with van der Waals surface area (Å²) < 4.78 is 15.9. The third-order valence-corrected chi connectivity index (χ3v) is 3.73. The summed E-state index contributed by atoms with van der Waals surface area (Å²) in [4.78, 5) is 22.2.